The van der Waals surface area contributed by atoms with Crippen LogP contribution in [-0.4, -0.2) is 6.79 Å². The van der Waals surface area contributed by atoms with Crippen LogP contribution in [0.2, 0.25) is 5.02 Å². The first-order chi connectivity index (χ1) is 10.2. The average Bonchev–Trinajstić information content (AvgIpc) is 2.96. The summed E-state index contributed by atoms with van der Waals surface area (Å²) in [5.74, 6) is 1.52. The van der Waals surface area contributed by atoms with E-state index in [0.717, 1.165) is 22.7 Å². The summed E-state index contributed by atoms with van der Waals surface area (Å²) < 4.78 is 10.7. The second kappa shape index (κ2) is 5.55. The molecule has 0 aliphatic carbocycles. The van der Waals surface area contributed by atoms with Crippen LogP contribution in [0.15, 0.2) is 36.4 Å². The van der Waals surface area contributed by atoms with Gasteiger partial charge < -0.3 is 14.8 Å². The van der Waals surface area contributed by atoms with Crippen molar-refractivity contribution in [3.05, 3.63) is 52.5 Å². The zero-order valence-electron chi connectivity index (χ0n) is 11.4. The van der Waals surface area contributed by atoms with Gasteiger partial charge >= 0.3 is 0 Å². The van der Waals surface area contributed by atoms with E-state index in [4.69, 9.17) is 26.3 Å². The molecule has 0 aromatic heterocycles. The van der Waals surface area contributed by atoms with Gasteiger partial charge in [-0.15, -0.1) is 0 Å². The Balaban J connectivity index is 1.80. The fourth-order valence-electron chi connectivity index (χ4n) is 2.20. The normalized spacial score (nSPS) is 13.6. The molecule has 0 bridgehead atoms. The molecule has 21 heavy (non-hydrogen) atoms. The van der Waals surface area contributed by atoms with Crippen LogP contribution in [0.5, 0.6) is 11.5 Å². The van der Waals surface area contributed by atoms with Gasteiger partial charge in [-0.1, -0.05) is 17.7 Å². The van der Waals surface area contributed by atoms with E-state index in [9.17, 15) is 0 Å². The van der Waals surface area contributed by atoms with Crippen molar-refractivity contribution >= 4 is 17.3 Å². The smallest absolute Gasteiger partial charge is 0.231 e. The van der Waals surface area contributed by atoms with Crippen molar-refractivity contribution in [2.75, 3.05) is 12.1 Å². The molecule has 1 N–H and O–H groups in total. The van der Waals surface area contributed by atoms with Gasteiger partial charge in [0.15, 0.2) is 11.5 Å². The lowest BCUT2D eigenvalue weighted by Crippen LogP contribution is -2.07. The minimum Gasteiger partial charge on any atom is -0.454 e. The van der Waals surface area contributed by atoms with E-state index in [2.05, 4.69) is 11.4 Å². The molecule has 0 fully saturated rings. The number of halogens is 1. The van der Waals surface area contributed by atoms with Crippen molar-refractivity contribution in [1.29, 1.82) is 5.26 Å². The van der Waals surface area contributed by atoms with E-state index in [1.807, 2.05) is 31.2 Å². The minimum atomic E-state index is 0.0462. The Labute approximate surface area is 127 Å². The molecule has 1 atom stereocenters. The Morgan fingerprint density at radius 3 is 2.76 bits per heavy atom. The standard InChI is InChI=1S/C16H13ClN2O2/c1-10(12-3-5-15-16(7-12)21-9-20-15)19-14-4-2-11(8-18)6-13(14)17/h2-7,10,19H,9H2,1H3. The molecule has 0 saturated carbocycles. The van der Waals surface area contributed by atoms with Crippen LogP contribution >= 0.6 is 11.6 Å². The number of anilines is 1. The van der Waals surface area contributed by atoms with Crippen molar-refractivity contribution in [2.45, 2.75) is 13.0 Å². The van der Waals surface area contributed by atoms with Gasteiger partial charge in [0, 0.05) is 6.04 Å². The third-order valence-electron chi connectivity index (χ3n) is 3.37. The first-order valence-corrected chi connectivity index (χ1v) is 6.91. The molecule has 2 aromatic carbocycles. The van der Waals surface area contributed by atoms with Gasteiger partial charge in [-0.3, -0.25) is 0 Å². The lowest BCUT2D eigenvalue weighted by atomic mass is 10.1. The highest BCUT2D eigenvalue weighted by Gasteiger charge is 2.16. The molecule has 5 heteroatoms. The number of nitrogens with zero attached hydrogens (tertiary/aromatic N) is 1. The zero-order chi connectivity index (χ0) is 14.8. The Morgan fingerprint density at radius 2 is 2.00 bits per heavy atom. The third-order valence-corrected chi connectivity index (χ3v) is 3.68. The van der Waals surface area contributed by atoms with Gasteiger partial charge in [-0.05, 0) is 42.8 Å². The van der Waals surface area contributed by atoms with Crippen molar-refractivity contribution in [2.24, 2.45) is 0 Å². The molecule has 0 radical (unpaired) electrons. The summed E-state index contributed by atoms with van der Waals surface area (Å²) in [4.78, 5) is 0. The lowest BCUT2D eigenvalue weighted by molar-refractivity contribution is 0.174. The molecular formula is C16H13ClN2O2. The summed E-state index contributed by atoms with van der Waals surface area (Å²) in [6.45, 7) is 2.30. The van der Waals surface area contributed by atoms with Crippen molar-refractivity contribution in [3.63, 3.8) is 0 Å². The molecule has 4 nitrogen and oxygen atoms in total. The van der Waals surface area contributed by atoms with Crippen LogP contribution in [0, 0.1) is 11.3 Å². The van der Waals surface area contributed by atoms with Crippen molar-refractivity contribution in [1.82, 2.24) is 0 Å². The van der Waals surface area contributed by atoms with Gasteiger partial charge in [0.1, 0.15) is 0 Å². The second-order valence-electron chi connectivity index (χ2n) is 4.79. The Kier molecular flexibility index (Phi) is 3.59. The summed E-state index contributed by atoms with van der Waals surface area (Å²) in [7, 11) is 0. The highest BCUT2D eigenvalue weighted by atomic mass is 35.5. The molecule has 1 aliphatic heterocycles. The fraction of sp³-hybridized carbons (Fsp3) is 0.188. The van der Waals surface area contributed by atoms with E-state index in [-0.39, 0.29) is 12.8 Å². The SMILES string of the molecule is CC(Nc1ccc(C#N)cc1Cl)c1ccc2c(c1)OCO2. The number of ether oxygens (including phenoxy) is 2. The molecular weight excluding hydrogens is 288 g/mol. The minimum absolute atomic E-state index is 0.0462. The molecule has 1 unspecified atom stereocenters. The van der Waals surface area contributed by atoms with E-state index < -0.39 is 0 Å². The molecule has 0 saturated heterocycles. The first kappa shape index (κ1) is 13.6. The fourth-order valence-corrected chi connectivity index (χ4v) is 2.44. The van der Waals surface area contributed by atoms with Crippen LogP contribution in [0.1, 0.15) is 24.1 Å². The van der Waals surface area contributed by atoms with Gasteiger partial charge in [0.25, 0.3) is 0 Å². The van der Waals surface area contributed by atoms with E-state index >= 15 is 0 Å². The maximum atomic E-state index is 8.85. The average molecular weight is 301 g/mol. The van der Waals surface area contributed by atoms with E-state index in [0.29, 0.717) is 10.6 Å². The molecule has 106 valence electrons. The van der Waals surface area contributed by atoms with Gasteiger partial charge in [-0.25, -0.2) is 0 Å². The van der Waals surface area contributed by atoms with Crippen molar-refractivity contribution in [3.8, 4) is 17.6 Å². The topological polar surface area (TPSA) is 54.3 Å². The van der Waals surface area contributed by atoms with E-state index in [1.165, 1.54) is 0 Å². The molecule has 1 heterocycles. The van der Waals surface area contributed by atoms with Crippen LogP contribution in [0.3, 0.4) is 0 Å². The Morgan fingerprint density at radius 1 is 1.19 bits per heavy atom. The number of nitriles is 1. The number of rotatable bonds is 3. The van der Waals surface area contributed by atoms with Crippen LogP contribution < -0.4 is 14.8 Å². The number of nitrogens with one attached hydrogen (secondary N) is 1. The van der Waals surface area contributed by atoms with Gasteiger partial charge in [-0.2, -0.15) is 5.26 Å². The summed E-state index contributed by atoms with van der Waals surface area (Å²) in [6, 6.07) is 13.2. The molecule has 1 aliphatic rings. The predicted octanol–water partition coefficient (Wildman–Crippen LogP) is 4.11. The Bertz CT molecular complexity index is 725. The summed E-state index contributed by atoms with van der Waals surface area (Å²) in [5.41, 5.74) is 2.40. The number of benzene rings is 2. The monoisotopic (exact) mass is 300 g/mol. The predicted molar refractivity (Wildman–Crippen MR) is 80.8 cm³/mol. The van der Waals surface area contributed by atoms with Crippen LogP contribution in [0.4, 0.5) is 5.69 Å². The van der Waals surface area contributed by atoms with Crippen molar-refractivity contribution < 1.29 is 9.47 Å². The molecule has 0 spiro atoms. The summed E-state index contributed by atoms with van der Waals surface area (Å²) >= 11 is 6.18. The highest BCUT2D eigenvalue weighted by molar-refractivity contribution is 6.33. The highest BCUT2D eigenvalue weighted by Crippen LogP contribution is 2.35. The maximum Gasteiger partial charge on any atom is 0.231 e. The Hall–Kier alpha value is -2.38. The second-order valence-corrected chi connectivity index (χ2v) is 5.19. The molecule has 0 amide bonds. The quantitative estimate of drug-likeness (QED) is 0.926. The maximum absolute atomic E-state index is 8.85. The van der Waals surface area contributed by atoms with Crippen LogP contribution in [0.25, 0.3) is 0 Å². The third kappa shape index (κ3) is 2.74. The zero-order valence-corrected chi connectivity index (χ0v) is 12.1. The van der Waals surface area contributed by atoms with Gasteiger partial charge in [0.05, 0.1) is 22.3 Å². The number of hydrogen-bond acceptors (Lipinski definition) is 4. The largest absolute Gasteiger partial charge is 0.454 e. The first-order valence-electron chi connectivity index (χ1n) is 6.53. The number of fused-ring (bicyclic) bond motifs is 1. The molecule has 3 rings (SSSR count). The van der Waals surface area contributed by atoms with Gasteiger partial charge in [0.2, 0.25) is 6.79 Å². The van der Waals surface area contributed by atoms with E-state index in [1.54, 1.807) is 12.1 Å². The van der Waals surface area contributed by atoms with Crippen LogP contribution in [-0.2, 0) is 0 Å². The summed E-state index contributed by atoms with van der Waals surface area (Å²) in [6.07, 6.45) is 0. The summed E-state index contributed by atoms with van der Waals surface area (Å²) in [5, 5.41) is 12.7. The molecule has 2 aromatic rings. The number of hydrogen-bond donors (Lipinski definition) is 1. The lowest BCUT2D eigenvalue weighted by Gasteiger charge is -2.17.